The van der Waals surface area contributed by atoms with Crippen LogP contribution in [-0.2, 0) is 12.0 Å². The average molecular weight is 247 g/mol. The van der Waals surface area contributed by atoms with E-state index in [9.17, 15) is 9.90 Å². The van der Waals surface area contributed by atoms with Crippen molar-refractivity contribution in [2.24, 2.45) is 5.41 Å². The molecule has 2 rings (SSSR count). The molecule has 18 heavy (non-hydrogen) atoms. The number of fused-ring (bicyclic) bond motifs is 1. The molecule has 0 fully saturated rings. The van der Waals surface area contributed by atoms with Gasteiger partial charge in [0.05, 0.1) is 5.54 Å². The van der Waals surface area contributed by atoms with Crippen LogP contribution < -0.4 is 0 Å². The molecule has 1 atom stereocenters. The molecule has 0 aliphatic carbocycles. The minimum absolute atomic E-state index is 0.151. The second-order valence-electron chi connectivity index (χ2n) is 6.16. The van der Waals surface area contributed by atoms with Crippen LogP contribution in [0.4, 0.5) is 4.79 Å². The lowest BCUT2D eigenvalue weighted by Gasteiger charge is -2.52. The van der Waals surface area contributed by atoms with Crippen molar-refractivity contribution in [2.45, 2.75) is 39.7 Å². The maximum Gasteiger partial charge on any atom is 0.408 e. The molecule has 1 amide bonds. The Kier molecular flexibility index (Phi) is 2.88. The Morgan fingerprint density at radius 1 is 1.33 bits per heavy atom. The van der Waals surface area contributed by atoms with Gasteiger partial charge in [-0.05, 0) is 29.9 Å². The number of hydrogen-bond acceptors (Lipinski definition) is 1. The Morgan fingerprint density at radius 2 is 1.94 bits per heavy atom. The van der Waals surface area contributed by atoms with E-state index in [-0.39, 0.29) is 5.41 Å². The molecule has 1 aliphatic rings. The third-order valence-corrected chi connectivity index (χ3v) is 4.38. The highest BCUT2D eigenvalue weighted by atomic mass is 16.4. The SMILES string of the molecule is CC(C)(C)C1(C)c2ccccc2CCN1C(=O)O. The van der Waals surface area contributed by atoms with Crippen molar-refractivity contribution in [3.05, 3.63) is 35.4 Å². The maximum absolute atomic E-state index is 11.6. The van der Waals surface area contributed by atoms with Gasteiger partial charge in [0.25, 0.3) is 0 Å². The van der Waals surface area contributed by atoms with Gasteiger partial charge in [0.1, 0.15) is 0 Å². The Balaban J connectivity index is 2.65. The lowest BCUT2D eigenvalue weighted by Crippen LogP contribution is -2.57. The number of carboxylic acid groups (broad SMARTS) is 1. The molecule has 0 bridgehead atoms. The molecule has 1 aromatic rings. The Bertz CT molecular complexity index is 476. The quantitative estimate of drug-likeness (QED) is 0.762. The minimum atomic E-state index is -0.832. The van der Waals surface area contributed by atoms with E-state index in [1.54, 1.807) is 4.90 Å². The molecule has 1 unspecified atom stereocenters. The van der Waals surface area contributed by atoms with Gasteiger partial charge >= 0.3 is 6.09 Å². The maximum atomic E-state index is 11.6. The second kappa shape index (κ2) is 4.01. The molecular weight excluding hydrogens is 226 g/mol. The van der Waals surface area contributed by atoms with Gasteiger partial charge in [0.2, 0.25) is 0 Å². The number of amides is 1. The fourth-order valence-electron chi connectivity index (χ4n) is 2.91. The fourth-order valence-corrected chi connectivity index (χ4v) is 2.91. The molecule has 3 heteroatoms. The van der Waals surface area contributed by atoms with E-state index >= 15 is 0 Å². The van der Waals surface area contributed by atoms with E-state index in [2.05, 4.69) is 32.9 Å². The van der Waals surface area contributed by atoms with Gasteiger partial charge in [-0.1, -0.05) is 45.0 Å². The Morgan fingerprint density at radius 3 is 2.50 bits per heavy atom. The molecular formula is C15H21NO2. The van der Waals surface area contributed by atoms with E-state index in [0.717, 1.165) is 12.0 Å². The van der Waals surface area contributed by atoms with Crippen molar-refractivity contribution in [3.8, 4) is 0 Å². The first kappa shape index (κ1) is 12.9. The summed E-state index contributed by atoms with van der Waals surface area (Å²) in [5.41, 5.74) is 1.79. The summed E-state index contributed by atoms with van der Waals surface area (Å²) >= 11 is 0. The number of benzene rings is 1. The van der Waals surface area contributed by atoms with Crippen LogP contribution in [0.2, 0.25) is 0 Å². The predicted octanol–water partition coefficient (Wildman–Crippen LogP) is 3.48. The third-order valence-electron chi connectivity index (χ3n) is 4.38. The fraction of sp³-hybridized carbons (Fsp3) is 0.533. The van der Waals surface area contributed by atoms with Gasteiger partial charge in [0, 0.05) is 6.54 Å². The predicted molar refractivity (Wildman–Crippen MR) is 71.7 cm³/mol. The van der Waals surface area contributed by atoms with Crippen LogP contribution in [0.1, 0.15) is 38.8 Å². The lowest BCUT2D eigenvalue weighted by atomic mass is 9.66. The molecule has 0 aromatic heterocycles. The van der Waals surface area contributed by atoms with Crippen molar-refractivity contribution in [1.82, 2.24) is 4.90 Å². The van der Waals surface area contributed by atoms with Gasteiger partial charge in [-0.3, -0.25) is 4.90 Å². The zero-order valence-corrected chi connectivity index (χ0v) is 11.5. The number of hydrogen-bond donors (Lipinski definition) is 1. The largest absolute Gasteiger partial charge is 0.465 e. The minimum Gasteiger partial charge on any atom is -0.465 e. The molecule has 98 valence electrons. The molecule has 1 N–H and O–H groups in total. The topological polar surface area (TPSA) is 40.5 Å². The summed E-state index contributed by atoms with van der Waals surface area (Å²) in [6, 6.07) is 8.20. The summed E-state index contributed by atoms with van der Waals surface area (Å²) in [5, 5.41) is 9.49. The summed E-state index contributed by atoms with van der Waals surface area (Å²) in [7, 11) is 0. The molecule has 0 spiro atoms. The van der Waals surface area contributed by atoms with Gasteiger partial charge < -0.3 is 5.11 Å². The van der Waals surface area contributed by atoms with Crippen LogP contribution in [0.15, 0.2) is 24.3 Å². The number of nitrogens with zero attached hydrogens (tertiary/aromatic N) is 1. The van der Waals surface area contributed by atoms with Crippen molar-refractivity contribution < 1.29 is 9.90 Å². The monoisotopic (exact) mass is 247 g/mol. The van der Waals surface area contributed by atoms with Crippen LogP contribution in [0.25, 0.3) is 0 Å². The van der Waals surface area contributed by atoms with E-state index in [0.29, 0.717) is 6.54 Å². The lowest BCUT2D eigenvalue weighted by molar-refractivity contribution is 0.00375. The van der Waals surface area contributed by atoms with Crippen molar-refractivity contribution in [2.75, 3.05) is 6.54 Å². The van der Waals surface area contributed by atoms with Crippen LogP contribution >= 0.6 is 0 Å². The van der Waals surface area contributed by atoms with Crippen molar-refractivity contribution >= 4 is 6.09 Å². The zero-order valence-electron chi connectivity index (χ0n) is 11.5. The standard InChI is InChI=1S/C15H21NO2/c1-14(2,3)15(4)12-8-6-5-7-11(12)9-10-16(15)13(17)18/h5-8H,9-10H2,1-4H3,(H,17,18). The van der Waals surface area contributed by atoms with Gasteiger partial charge in [-0.2, -0.15) is 0 Å². The highest BCUT2D eigenvalue weighted by Crippen LogP contribution is 2.47. The third kappa shape index (κ3) is 1.69. The highest BCUT2D eigenvalue weighted by Gasteiger charge is 2.49. The first-order valence-electron chi connectivity index (χ1n) is 6.37. The van der Waals surface area contributed by atoms with Gasteiger partial charge in [-0.15, -0.1) is 0 Å². The summed E-state index contributed by atoms with van der Waals surface area (Å²) in [5.74, 6) is 0. The van der Waals surface area contributed by atoms with Crippen molar-refractivity contribution in [1.29, 1.82) is 0 Å². The van der Waals surface area contributed by atoms with E-state index in [1.165, 1.54) is 5.56 Å². The van der Waals surface area contributed by atoms with E-state index < -0.39 is 11.6 Å². The summed E-state index contributed by atoms with van der Waals surface area (Å²) in [6.45, 7) is 8.92. The Labute approximate surface area is 108 Å². The van der Waals surface area contributed by atoms with Crippen LogP contribution in [-0.4, -0.2) is 22.6 Å². The average Bonchev–Trinajstić information content (AvgIpc) is 2.27. The number of rotatable bonds is 0. The molecule has 0 radical (unpaired) electrons. The summed E-state index contributed by atoms with van der Waals surface area (Å²) in [4.78, 5) is 13.1. The van der Waals surface area contributed by atoms with E-state index in [4.69, 9.17) is 0 Å². The normalized spacial score (nSPS) is 23.7. The van der Waals surface area contributed by atoms with Crippen LogP contribution in [0, 0.1) is 5.41 Å². The zero-order chi connectivity index (χ0) is 13.6. The second-order valence-corrected chi connectivity index (χ2v) is 6.16. The van der Waals surface area contributed by atoms with Crippen LogP contribution in [0.3, 0.4) is 0 Å². The molecule has 3 nitrogen and oxygen atoms in total. The molecule has 0 saturated heterocycles. The highest BCUT2D eigenvalue weighted by molar-refractivity contribution is 5.68. The Hall–Kier alpha value is -1.51. The van der Waals surface area contributed by atoms with Crippen LogP contribution in [0.5, 0.6) is 0 Å². The van der Waals surface area contributed by atoms with E-state index in [1.807, 2.05) is 19.1 Å². The molecule has 1 aromatic carbocycles. The summed E-state index contributed by atoms with van der Waals surface area (Å²) < 4.78 is 0. The summed E-state index contributed by atoms with van der Waals surface area (Å²) in [6.07, 6.45) is -0.0318. The molecule has 0 saturated carbocycles. The molecule has 1 heterocycles. The first-order chi connectivity index (χ1) is 8.28. The number of carbonyl (C=O) groups is 1. The smallest absolute Gasteiger partial charge is 0.408 e. The van der Waals surface area contributed by atoms with Gasteiger partial charge in [-0.25, -0.2) is 4.79 Å². The van der Waals surface area contributed by atoms with Crippen molar-refractivity contribution in [3.63, 3.8) is 0 Å². The molecule has 1 aliphatic heterocycles. The van der Waals surface area contributed by atoms with Gasteiger partial charge in [0.15, 0.2) is 0 Å². The first-order valence-corrected chi connectivity index (χ1v) is 6.37.